The summed E-state index contributed by atoms with van der Waals surface area (Å²) in [5, 5.41) is 4.31. The summed E-state index contributed by atoms with van der Waals surface area (Å²) in [6, 6.07) is 5.98. The molecule has 0 spiro atoms. The number of pyridine rings is 1. The first-order valence-corrected chi connectivity index (χ1v) is 5.80. The lowest BCUT2D eigenvalue weighted by atomic mass is 10.2. The molecule has 0 unspecified atom stereocenters. The molecule has 5 nitrogen and oxygen atoms in total. The molecule has 5 heteroatoms. The second-order valence-electron chi connectivity index (χ2n) is 4.17. The Labute approximate surface area is 106 Å². The summed E-state index contributed by atoms with van der Waals surface area (Å²) >= 11 is 0. The number of nitrogens with zero attached hydrogens (tertiary/aromatic N) is 3. The van der Waals surface area contributed by atoms with Crippen LogP contribution in [0, 0.1) is 0 Å². The van der Waals surface area contributed by atoms with Gasteiger partial charge in [0.2, 0.25) is 11.8 Å². The van der Waals surface area contributed by atoms with Gasteiger partial charge in [-0.3, -0.25) is 4.68 Å². The summed E-state index contributed by atoms with van der Waals surface area (Å²) in [6.07, 6.45) is 1.78. The second-order valence-corrected chi connectivity index (χ2v) is 4.17. The van der Waals surface area contributed by atoms with Crippen LogP contribution in [0.25, 0.3) is 11.3 Å². The molecular formula is C13H17N3O2. The summed E-state index contributed by atoms with van der Waals surface area (Å²) in [5.74, 6) is 1.07. The van der Waals surface area contributed by atoms with Gasteiger partial charge in [0.1, 0.15) is 0 Å². The molecule has 0 aromatic carbocycles. The number of hydrogen-bond donors (Lipinski definition) is 0. The average Bonchev–Trinajstić information content (AvgIpc) is 2.87. The van der Waals surface area contributed by atoms with Gasteiger partial charge >= 0.3 is 0 Å². The third-order valence-electron chi connectivity index (χ3n) is 2.67. The average molecular weight is 247 g/mol. The quantitative estimate of drug-likeness (QED) is 0.833. The molecule has 2 heterocycles. The van der Waals surface area contributed by atoms with Crippen molar-refractivity contribution in [3.05, 3.63) is 24.4 Å². The molecule has 0 aliphatic rings. The van der Waals surface area contributed by atoms with Gasteiger partial charge in [-0.2, -0.15) is 10.1 Å². The second kappa shape index (κ2) is 5.08. The van der Waals surface area contributed by atoms with E-state index in [4.69, 9.17) is 9.47 Å². The van der Waals surface area contributed by atoms with E-state index in [2.05, 4.69) is 23.9 Å². The Kier molecular flexibility index (Phi) is 3.50. The van der Waals surface area contributed by atoms with Crippen LogP contribution in [0.1, 0.15) is 19.9 Å². The number of rotatable bonds is 4. The van der Waals surface area contributed by atoms with E-state index in [0.717, 1.165) is 11.3 Å². The van der Waals surface area contributed by atoms with Crippen molar-refractivity contribution in [3.63, 3.8) is 0 Å². The van der Waals surface area contributed by atoms with Crippen LogP contribution in [0.4, 0.5) is 0 Å². The van der Waals surface area contributed by atoms with Crippen molar-refractivity contribution in [1.82, 2.24) is 14.8 Å². The Morgan fingerprint density at radius 3 is 2.50 bits per heavy atom. The van der Waals surface area contributed by atoms with Crippen LogP contribution in [0.2, 0.25) is 0 Å². The third-order valence-corrected chi connectivity index (χ3v) is 2.67. The fourth-order valence-corrected chi connectivity index (χ4v) is 1.83. The molecule has 0 saturated carbocycles. The van der Waals surface area contributed by atoms with E-state index in [0.29, 0.717) is 11.8 Å². The first-order valence-electron chi connectivity index (χ1n) is 5.80. The van der Waals surface area contributed by atoms with Gasteiger partial charge in [-0.05, 0) is 26.0 Å². The minimum atomic E-state index is 0.279. The molecule has 18 heavy (non-hydrogen) atoms. The van der Waals surface area contributed by atoms with Gasteiger partial charge in [0.05, 0.1) is 25.5 Å². The highest BCUT2D eigenvalue weighted by Gasteiger charge is 2.14. The van der Waals surface area contributed by atoms with Crippen LogP contribution in [0.3, 0.4) is 0 Å². The fraction of sp³-hybridized carbons (Fsp3) is 0.385. The maximum Gasteiger partial charge on any atom is 0.225 e. The smallest absolute Gasteiger partial charge is 0.225 e. The summed E-state index contributed by atoms with van der Waals surface area (Å²) in [5.41, 5.74) is 1.89. The van der Waals surface area contributed by atoms with Crippen LogP contribution in [0.15, 0.2) is 24.4 Å². The predicted molar refractivity (Wildman–Crippen MR) is 68.9 cm³/mol. The minimum Gasteiger partial charge on any atom is -0.481 e. The van der Waals surface area contributed by atoms with Crippen LogP contribution in [0.5, 0.6) is 11.8 Å². The zero-order valence-electron chi connectivity index (χ0n) is 11.0. The van der Waals surface area contributed by atoms with Crippen LogP contribution >= 0.6 is 0 Å². The summed E-state index contributed by atoms with van der Waals surface area (Å²) < 4.78 is 12.3. The van der Waals surface area contributed by atoms with Crippen molar-refractivity contribution in [1.29, 1.82) is 0 Å². The predicted octanol–water partition coefficient (Wildman–Crippen LogP) is 2.54. The molecule has 0 N–H and O–H groups in total. The Morgan fingerprint density at radius 1 is 1.11 bits per heavy atom. The molecule has 96 valence electrons. The Morgan fingerprint density at radius 2 is 1.89 bits per heavy atom. The normalized spacial score (nSPS) is 10.7. The van der Waals surface area contributed by atoms with Crippen LogP contribution in [-0.4, -0.2) is 29.0 Å². The van der Waals surface area contributed by atoms with Gasteiger partial charge in [0.25, 0.3) is 0 Å². The van der Waals surface area contributed by atoms with E-state index in [-0.39, 0.29) is 6.04 Å². The number of ether oxygens (including phenoxy) is 2. The topological polar surface area (TPSA) is 49.2 Å². The molecule has 0 amide bonds. The molecule has 0 bridgehead atoms. The Bertz CT molecular complexity index is 535. The molecule has 0 aliphatic carbocycles. The fourth-order valence-electron chi connectivity index (χ4n) is 1.83. The van der Waals surface area contributed by atoms with Crippen molar-refractivity contribution < 1.29 is 9.47 Å². The lowest BCUT2D eigenvalue weighted by Crippen LogP contribution is -2.05. The minimum absolute atomic E-state index is 0.279. The van der Waals surface area contributed by atoms with Gasteiger partial charge in [-0.25, -0.2) is 0 Å². The summed E-state index contributed by atoms with van der Waals surface area (Å²) in [4.78, 5) is 4.28. The molecule has 0 fully saturated rings. The zero-order chi connectivity index (χ0) is 13.1. The highest BCUT2D eigenvalue weighted by Crippen LogP contribution is 2.31. The maximum absolute atomic E-state index is 5.31. The Balaban J connectivity index is 2.53. The molecular weight excluding hydrogens is 230 g/mol. The van der Waals surface area contributed by atoms with Gasteiger partial charge in [-0.15, -0.1) is 0 Å². The highest BCUT2D eigenvalue weighted by molar-refractivity contribution is 5.65. The largest absolute Gasteiger partial charge is 0.481 e. The van der Waals surface area contributed by atoms with Crippen molar-refractivity contribution in [2.45, 2.75) is 19.9 Å². The van der Waals surface area contributed by atoms with Crippen molar-refractivity contribution >= 4 is 0 Å². The van der Waals surface area contributed by atoms with Crippen molar-refractivity contribution in [3.8, 4) is 23.0 Å². The molecule has 2 aromatic heterocycles. The Hall–Kier alpha value is -2.04. The number of methoxy groups -OCH3 is 2. The van der Waals surface area contributed by atoms with E-state index in [1.54, 1.807) is 20.4 Å². The third kappa shape index (κ3) is 2.16. The SMILES string of the molecule is COc1ccc(-c2ccnn2C(C)C)c(OC)n1. The van der Waals surface area contributed by atoms with E-state index in [1.165, 1.54) is 0 Å². The van der Waals surface area contributed by atoms with E-state index in [9.17, 15) is 0 Å². The van der Waals surface area contributed by atoms with Crippen molar-refractivity contribution in [2.75, 3.05) is 14.2 Å². The zero-order valence-corrected chi connectivity index (χ0v) is 11.0. The lowest BCUT2D eigenvalue weighted by molar-refractivity contribution is 0.365. The first kappa shape index (κ1) is 12.4. The van der Waals surface area contributed by atoms with Gasteiger partial charge in [0, 0.05) is 18.3 Å². The van der Waals surface area contributed by atoms with Gasteiger partial charge in [-0.1, -0.05) is 0 Å². The standard InChI is InChI=1S/C13H17N3O2/c1-9(2)16-11(7-8-14-16)10-5-6-12(17-3)15-13(10)18-4/h5-9H,1-4H3. The van der Waals surface area contributed by atoms with E-state index >= 15 is 0 Å². The summed E-state index contributed by atoms with van der Waals surface area (Å²) in [6.45, 7) is 4.17. The molecule has 0 radical (unpaired) electrons. The van der Waals surface area contributed by atoms with Crippen molar-refractivity contribution in [2.24, 2.45) is 0 Å². The molecule has 2 rings (SSSR count). The highest BCUT2D eigenvalue weighted by atomic mass is 16.5. The van der Waals surface area contributed by atoms with Crippen LogP contribution in [-0.2, 0) is 0 Å². The molecule has 0 saturated heterocycles. The maximum atomic E-state index is 5.31. The molecule has 0 aliphatic heterocycles. The molecule has 0 atom stereocenters. The van der Waals surface area contributed by atoms with Gasteiger partial charge in [0.15, 0.2) is 0 Å². The van der Waals surface area contributed by atoms with E-state index < -0.39 is 0 Å². The monoisotopic (exact) mass is 247 g/mol. The van der Waals surface area contributed by atoms with E-state index in [1.807, 2.05) is 22.9 Å². The van der Waals surface area contributed by atoms with Crippen LogP contribution < -0.4 is 9.47 Å². The number of aromatic nitrogens is 3. The summed E-state index contributed by atoms with van der Waals surface area (Å²) in [7, 11) is 3.18. The van der Waals surface area contributed by atoms with Gasteiger partial charge < -0.3 is 9.47 Å². The lowest BCUT2D eigenvalue weighted by Gasteiger charge is -2.13. The number of hydrogen-bond acceptors (Lipinski definition) is 4. The first-order chi connectivity index (χ1) is 8.67. The molecule has 2 aromatic rings.